The minimum atomic E-state index is -4.94. The molecule has 0 aromatic heterocycles. The molecule has 6 nitrogen and oxygen atoms in total. The van der Waals surface area contributed by atoms with Crippen molar-refractivity contribution >= 4 is 34.5 Å². The number of ketones is 1. The van der Waals surface area contributed by atoms with Crippen LogP contribution in [0.25, 0.3) is 0 Å². The van der Waals surface area contributed by atoms with Crippen molar-refractivity contribution in [3.8, 4) is 0 Å². The number of thioether (sulfide) groups is 1. The van der Waals surface area contributed by atoms with Gasteiger partial charge in [0.1, 0.15) is 5.04 Å². The van der Waals surface area contributed by atoms with Gasteiger partial charge in [-0.25, -0.2) is 23.0 Å². The first-order valence-electron chi connectivity index (χ1n) is 6.48. The molecule has 1 aliphatic carbocycles. The molecular weight excluding hydrogens is 374 g/mol. The lowest BCUT2D eigenvalue weighted by Gasteiger charge is -2.17. The van der Waals surface area contributed by atoms with E-state index in [-0.39, 0.29) is 0 Å². The topological polar surface area (TPSA) is 116 Å². The van der Waals surface area contributed by atoms with Gasteiger partial charge in [-0.2, -0.15) is 0 Å². The van der Waals surface area contributed by atoms with Gasteiger partial charge in [0.05, 0.1) is 4.24 Å². The highest BCUT2D eigenvalue weighted by atomic mass is 35.7. The minimum absolute atomic E-state index is 0.876. The van der Waals surface area contributed by atoms with E-state index >= 15 is 0 Å². The van der Waals surface area contributed by atoms with E-state index in [1.165, 1.54) is 27.3 Å². The highest BCUT2D eigenvalue weighted by Crippen LogP contribution is 2.43. The molecule has 0 bridgehead atoms. The summed E-state index contributed by atoms with van der Waals surface area (Å²) >= 11 is 3.26. The maximum absolute atomic E-state index is 8.49. The van der Waals surface area contributed by atoms with Crippen LogP contribution in [-0.4, -0.2) is 17.9 Å². The molecule has 0 unspecified atom stereocenters. The number of rotatable bonds is 1. The Morgan fingerprint density at radius 3 is 2.08 bits per heavy atom. The summed E-state index contributed by atoms with van der Waals surface area (Å²) in [5.74, 6) is 0.876. The molecule has 9 heteroatoms. The molecule has 0 radical (unpaired) electrons. The lowest BCUT2D eigenvalue weighted by atomic mass is 10.1. The summed E-state index contributed by atoms with van der Waals surface area (Å²) in [7, 11) is -3.27. The first-order chi connectivity index (χ1) is 11.4. The first-order valence-corrected chi connectivity index (χ1v) is 9.30. The molecule has 0 saturated carbocycles. The zero-order valence-corrected chi connectivity index (χ0v) is 14.8. The molecule has 0 atom stereocenters. The fourth-order valence-electron chi connectivity index (χ4n) is 1.74. The summed E-state index contributed by atoms with van der Waals surface area (Å²) in [5, 5.41) is 1.07. The first kappa shape index (κ1) is 18.9. The van der Waals surface area contributed by atoms with Crippen LogP contribution in [0.3, 0.4) is 0 Å². The molecule has 126 valence electrons. The van der Waals surface area contributed by atoms with Crippen molar-refractivity contribution in [3.05, 3.63) is 70.0 Å². The SMILES string of the molecule is C[O+]=C1C=CC(=C2SN=C(c3ccccc3)S2)C=C1.[O-][Cl+3]([O-])([O-])[O-]. The van der Waals surface area contributed by atoms with Crippen LogP contribution in [-0.2, 0) is 4.42 Å². The number of nitrogens with zero attached hydrogens (tertiary/aromatic N) is 1. The van der Waals surface area contributed by atoms with Gasteiger partial charge in [-0.15, -0.1) is 10.2 Å². The van der Waals surface area contributed by atoms with Gasteiger partial charge in [-0.05, 0) is 17.7 Å². The molecule has 0 fully saturated rings. The summed E-state index contributed by atoms with van der Waals surface area (Å²) in [6.45, 7) is 0. The second kappa shape index (κ2) is 8.63. The Hall–Kier alpha value is -1.39. The summed E-state index contributed by atoms with van der Waals surface area (Å²) in [6, 6.07) is 10.3. The third kappa shape index (κ3) is 6.25. The van der Waals surface area contributed by atoms with Gasteiger partial charge in [-0.1, -0.05) is 42.1 Å². The lowest BCUT2D eigenvalue weighted by Crippen LogP contribution is -2.68. The molecule has 24 heavy (non-hydrogen) atoms. The number of benzene rings is 1. The molecule has 1 heterocycles. The zero-order chi connectivity index (χ0) is 17.6. The third-order valence-electron chi connectivity index (χ3n) is 2.75. The van der Waals surface area contributed by atoms with Gasteiger partial charge >= 0.3 is 5.78 Å². The van der Waals surface area contributed by atoms with E-state index in [1.54, 1.807) is 18.9 Å². The lowest BCUT2D eigenvalue weighted by molar-refractivity contribution is -2.00. The van der Waals surface area contributed by atoms with E-state index in [2.05, 4.69) is 28.7 Å². The Morgan fingerprint density at radius 2 is 1.54 bits per heavy atom. The summed E-state index contributed by atoms with van der Waals surface area (Å²) in [4.78, 5) is 0. The molecule has 0 N–H and O–H groups in total. The summed E-state index contributed by atoms with van der Waals surface area (Å²) in [5.41, 5.74) is 2.36. The summed E-state index contributed by atoms with van der Waals surface area (Å²) < 4.78 is 44.9. The Labute approximate surface area is 149 Å². The molecule has 1 aromatic rings. The van der Waals surface area contributed by atoms with E-state index in [0.717, 1.165) is 10.8 Å². The zero-order valence-electron chi connectivity index (χ0n) is 12.4. The number of hydrogen-bond acceptors (Lipinski definition) is 7. The standard InChI is InChI=1S/C15H12NOS2.ClHO4/c1-17-13-9-7-12(8-10-13)15-18-14(16-19-15)11-5-3-2-4-6-11;2-1(3,4)5/h2-10H,1H3;(H,2,3,4,5)/q+1;/p-1. The maximum Gasteiger partial charge on any atom is 0.343 e. The van der Waals surface area contributed by atoms with E-state index in [9.17, 15) is 0 Å². The van der Waals surface area contributed by atoms with Crippen molar-refractivity contribution in [1.29, 1.82) is 0 Å². The second-order valence-electron chi connectivity index (χ2n) is 4.35. The highest BCUT2D eigenvalue weighted by molar-refractivity contribution is 8.32. The minimum Gasteiger partial charge on any atom is -0.258 e. The van der Waals surface area contributed by atoms with Crippen molar-refractivity contribution in [1.82, 2.24) is 0 Å². The number of allylic oxidation sites excluding steroid dienone is 5. The van der Waals surface area contributed by atoms with Crippen molar-refractivity contribution < 1.29 is 33.3 Å². The number of hydrogen-bond donors (Lipinski definition) is 0. The molecule has 0 spiro atoms. The van der Waals surface area contributed by atoms with E-state index in [1.807, 2.05) is 30.4 Å². The fourth-order valence-corrected chi connectivity index (χ4v) is 3.69. The van der Waals surface area contributed by atoms with Crippen LogP contribution in [0.15, 0.2) is 68.8 Å². The highest BCUT2D eigenvalue weighted by Gasteiger charge is 2.19. The molecule has 0 saturated heterocycles. The Morgan fingerprint density at radius 1 is 0.958 bits per heavy atom. The summed E-state index contributed by atoms with van der Waals surface area (Å²) in [6.07, 6.45) is 8.09. The van der Waals surface area contributed by atoms with Crippen LogP contribution in [0.4, 0.5) is 0 Å². The van der Waals surface area contributed by atoms with E-state index in [4.69, 9.17) is 23.1 Å². The Balaban J connectivity index is 0.000000368. The predicted molar refractivity (Wildman–Crippen MR) is 84.4 cm³/mol. The number of carbonyl (C=O) groups excluding carboxylic acids is 1. The van der Waals surface area contributed by atoms with Crippen LogP contribution >= 0.6 is 23.7 Å². The average molecular weight is 386 g/mol. The van der Waals surface area contributed by atoms with Gasteiger partial charge in [0.25, 0.3) is 7.11 Å². The monoisotopic (exact) mass is 385 g/mol. The predicted octanol–water partition coefficient (Wildman–Crippen LogP) is -0.856. The molecular formula is C15H12ClNO5S2. The van der Waals surface area contributed by atoms with Crippen molar-refractivity contribution in [2.24, 2.45) is 4.40 Å². The van der Waals surface area contributed by atoms with E-state index in [0.29, 0.717) is 0 Å². The van der Waals surface area contributed by atoms with E-state index < -0.39 is 10.2 Å². The van der Waals surface area contributed by atoms with Gasteiger partial charge in [0, 0.05) is 29.7 Å². The molecule has 1 aliphatic heterocycles. The maximum atomic E-state index is 8.49. The van der Waals surface area contributed by atoms with Crippen molar-refractivity contribution in [2.45, 2.75) is 0 Å². The normalized spacial score (nSPS) is 16.7. The van der Waals surface area contributed by atoms with Crippen LogP contribution in [0.5, 0.6) is 0 Å². The van der Waals surface area contributed by atoms with Gasteiger partial charge in [-0.3, -0.25) is 4.42 Å². The molecule has 3 rings (SSSR count). The molecule has 0 amide bonds. The largest absolute Gasteiger partial charge is 0.343 e. The molecule has 2 aliphatic rings. The fraction of sp³-hybridized carbons (Fsp3) is 0.0667. The van der Waals surface area contributed by atoms with Crippen molar-refractivity contribution in [2.75, 3.05) is 7.11 Å². The second-order valence-corrected chi connectivity index (χ2v) is 7.14. The van der Waals surface area contributed by atoms with Gasteiger partial charge < -0.3 is 0 Å². The van der Waals surface area contributed by atoms with Crippen LogP contribution in [0, 0.1) is 10.2 Å². The number of halogens is 1. The quantitative estimate of drug-likeness (QED) is 0.459. The van der Waals surface area contributed by atoms with Crippen LogP contribution in [0.2, 0.25) is 0 Å². The smallest absolute Gasteiger partial charge is 0.258 e. The average Bonchev–Trinajstić information content (AvgIpc) is 3.04. The third-order valence-corrected chi connectivity index (χ3v) is 4.95. The van der Waals surface area contributed by atoms with Crippen molar-refractivity contribution in [3.63, 3.8) is 0 Å². The Kier molecular flexibility index (Phi) is 6.81. The van der Waals surface area contributed by atoms with Gasteiger partial charge in [0.2, 0.25) is 0 Å². The Bertz CT molecular complexity index is 712. The van der Waals surface area contributed by atoms with Crippen LogP contribution < -0.4 is 18.6 Å². The van der Waals surface area contributed by atoms with Crippen LogP contribution in [0.1, 0.15) is 5.56 Å². The van der Waals surface area contributed by atoms with Gasteiger partial charge in [0.15, 0.2) is 0 Å². The molecule has 1 aromatic carbocycles.